The number of fused-ring (bicyclic) bond motifs is 5. The molecule has 0 aromatic rings. The molecule has 0 aliphatic heterocycles. The summed E-state index contributed by atoms with van der Waals surface area (Å²) in [6, 6.07) is 0.739. The van der Waals surface area contributed by atoms with Crippen molar-refractivity contribution in [3.05, 3.63) is 0 Å². The molecule has 0 saturated heterocycles. The maximum absolute atomic E-state index is 2.81. The maximum Gasteiger partial charge on any atom is 0.00975 e. The van der Waals surface area contributed by atoms with Crippen molar-refractivity contribution < 1.29 is 0 Å². The van der Waals surface area contributed by atoms with Crippen LogP contribution >= 0.6 is 0 Å². The van der Waals surface area contributed by atoms with Gasteiger partial charge in [0.05, 0.1) is 0 Å². The van der Waals surface area contributed by atoms with Crippen LogP contribution in [0.25, 0.3) is 0 Å². The van der Waals surface area contributed by atoms with Gasteiger partial charge in [-0.3, -0.25) is 0 Å². The van der Waals surface area contributed by atoms with Crippen LogP contribution in [-0.2, 0) is 0 Å². The van der Waals surface area contributed by atoms with Crippen molar-refractivity contribution in [2.75, 3.05) is 13.6 Å². The van der Waals surface area contributed by atoms with E-state index < -0.39 is 0 Å². The summed E-state index contributed by atoms with van der Waals surface area (Å²) < 4.78 is 0. The highest BCUT2D eigenvalue weighted by atomic mass is 15.1. The lowest BCUT2D eigenvalue weighted by Crippen LogP contribution is -2.54. The first-order valence-corrected chi connectivity index (χ1v) is 16.0. The normalized spacial score (nSPS) is 43.2. The topological polar surface area (TPSA) is 3.24 Å². The molecule has 10 atom stereocenters. The van der Waals surface area contributed by atoms with E-state index in [9.17, 15) is 0 Å². The molecule has 4 rings (SSSR count). The molecule has 1 heteroatoms. The van der Waals surface area contributed by atoms with Crippen LogP contribution in [0.4, 0.5) is 0 Å². The van der Waals surface area contributed by atoms with Gasteiger partial charge in [0.25, 0.3) is 0 Å². The molecule has 0 spiro atoms. The van der Waals surface area contributed by atoms with Crippen molar-refractivity contribution in [2.45, 2.75) is 144 Å². The van der Waals surface area contributed by atoms with Crippen LogP contribution in [0.1, 0.15) is 138 Å². The van der Waals surface area contributed by atoms with Crippen molar-refractivity contribution in [1.82, 2.24) is 4.90 Å². The van der Waals surface area contributed by atoms with Crippen molar-refractivity contribution in [1.29, 1.82) is 0 Å². The minimum atomic E-state index is 0.594. The molecule has 1 nitrogen and oxygen atoms in total. The Morgan fingerprint density at radius 1 is 0.794 bits per heavy atom. The van der Waals surface area contributed by atoms with E-state index in [1.807, 2.05) is 0 Å². The summed E-state index contributed by atoms with van der Waals surface area (Å²) in [7, 11) is 2.47. The third-order valence-electron chi connectivity index (χ3n) is 13.1. The van der Waals surface area contributed by atoms with Crippen LogP contribution in [0.2, 0.25) is 0 Å². The molecule has 0 heterocycles. The Morgan fingerprint density at radius 3 is 2.26 bits per heavy atom. The van der Waals surface area contributed by atoms with Crippen LogP contribution in [0.15, 0.2) is 0 Å². The van der Waals surface area contributed by atoms with E-state index in [-0.39, 0.29) is 0 Å². The third kappa shape index (κ3) is 4.91. The molecule has 4 fully saturated rings. The van der Waals surface area contributed by atoms with Gasteiger partial charge in [-0.2, -0.15) is 0 Å². The molecular weight excluding hydrogens is 410 g/mol. The van der Waals surface area contributed by atoms with E-state index in [0.29, 0.717) is 10.8 Å². The van der Waals surface area contributed by atoms with E-state index in [1.165, 1.54) is 70.8 Å². The predicted octanol–water partition coefficient (Wildman–Crippen LogP) is 9.60. The van der Waals surface area contributed by atoms with Crippen LogP contribution < -0.4 is 0 Å². The van der Waals surface area contributed by atoms with Gasteiger partial charge in [-0.15, -0.1) is 0 Å². The van der Waals surface area contributed by atoms with Crippen molar-refractivity contribution in [2.24, 2.45) is 52.3 Å². The monoisotopic (exact) mass is 471 g/mol. The summed E-state index contributed by atoms with van der Waals surface area (Å²) in [5, 5.41) is 0. The average molecular weight is 472 g/mol. The zero-order chi connectivity index (χ0) is 24.5. The summed E-state index contributed by atoms with van der Waals surface area (Å²) in [6.07, 6.45) is 22.4. The van der Waals surface area contributed by atoms with E-state index in [0.717, 1.165) is 47.5 Å². The Kier molecular flexibility index (Phi) is 8.85. The highest BCUT2D eigenvalue weighted by Gasteiger charge is 2.60. The molecule has 0 bridgehead atoms. The van der Waals surface area contributed by atoms with E-state index in [4.69, 9.17) is 0 Å². The lowest BCUT2D eigenvalue weighted by molar-refractivity contribution is -0.109. The van der Waals surface area contributed by atoms with Gasteiger partial charge in [0, 0.05) is 12.6 Å². The molecule has 0 aromatic heterocycles. The molecule has 0 radical (unpaired) electrons. The Hall–Kier alpha value is -0.0400. The second-order valence-corrected chi connectivity index (χ2v) is 14.5. The van der Waals surface area contributed by atoms with Crippen LogP contribution in [0.3, 0.4) is 0 Å². The molecule has 4 saturated carbocycles. The predicted molar refractivity (Wildman–Crippen MR) is 149 cm³/mol. The molecule has 0 amide bonds. The number of nitrogens with zero attached hydrogens (tertiary/aromatic N) is 1. The Bertz CT molecular complexity index is 642. The smallest absolute Gasteiger partial charge is 0.00975 e. The lowest BCUT2D eigenvalue weighted by Gasteiger charge is -2.60. The van der Waals surface area contributed by atoms with Crippen molar-refractivity contribution in [3.63, 3.8) is 0 Å². The Morgan fingerprint density at radius 2 is 1.53 bits per heavy atom. The zero-order valence-electron chi connectivity index (χ0n) is 24.4. The number of hydrogen-bond acceptors (Lipinski definition) is 1. The maximum atomic E-state index is 2.81. The first-order chi connectivity index (χ1) is 16.3. The van der Waals surface area contributed by atoms with Crippen LogP contribution in [-0.4, -0.2) is 24.5 Å². The first kappa shape index (κ1) is 27.0. The quantitative estimate of drug-likeness (QED) is 0.340. The van der Waals surface area contributed by atoms with Gasteiger partial charge in [-0.1, -0.05) is 73.1 Å². The van der Waals surface area contributed by atoms with Crippen LogP contribution in [0, 0.1) is 52.3 Å². The zero-order valence-corrected chi connectivity index (χ0v) is 24.4. The standard InChI is InChI=1S/C33H61N/c1-8-14-26(24(3)9-2)23-34(7)25(4)29-18-19-30-28-17-16-27-15-12-10-11-13-21-32(27,5)31(28)20-22-33(29,30)6/h24-31H,8-23H2,1-7H3. The van der Waals surface area contributed by atoms with Gasteiger partial charge >= 0.3 is 0 Å². The largest absolute Gasteiger partial charge is 0.303 e. The Balaban J connectivity index is 1.47. The van der Waals surface area contributed by atoms with Gasteiger partial charge < -0.3 is 4.90 Å². The second-order valence-electron chi connectivity index (χ2n) is 14.5. The van der Waals surface area contributed by atoms with E-state index in [1.54, 1.807) is 32.1 Å². The molecule has 0 aromatic carbocycles. The summed E-state index contributed by atoms with van der Waals surface area (Å²) in [5.74, 6) is 6.76. The van der Waals surface area contributed by atoms with Crippen molar-refractivity contribution in [3.8, 4) is 0 Å². The molecule has 4 aliphatic rings. The average Bonchev–Trinajstić information content (AvgIpc) is 3.16. The molecule has 198 valence electrons. The first-order valence-electron chi connectivity index (χ1n) is 16.0. The summed E-state index contributed by atoms with van der Waals surface area (Å²) in [5.41, 5.74) is 1.26. The fourth-order valence-corrected chi connectivity index (χ4v) is 10.6. The third-order valence-corrected chi connectivity index (χ3v) is 13.1. The minimum absolute atomic E-state index is 0.594. The summed E-state index contributed by atoms with van der Waals surface area (Å²) >= 11 is 0. The summed E-state index contributed by atoms with van der Waals surface area (Å²) in [6.45, 7) is 16.7. The van der Waals surface area contributed by atoms with E-state index in [2.05, 4.69) is 53.5 Å². The van der Waals surface area contributed by atoms with Crippen LogP contribution in [0.5, 0.6) is 0 Å². The fourth-order valence-electron chi connectivity index (χ4n) is 10.6. The molecule has 0 N–H and O–H groups in total. The minimum Gasteiger partial charge on any atom is -0.303 e. The van der Waals surface area contributed by atoms with Crippen molar-refractivity contribution >= 4 is 0 Å². The van der Waals surface area contributed by atoms with Gasteiger partial charge in [0.2, 0.25) is 0 Å². The van der Waals surface area contributed by atoms with Gasteiger partial charge in [0.1, 0.15) is 0 Å². The molecule has 10 unspecified atom stereocenters. The molecule has 4 aliphatic carbocycles. The lowest BCUT2D eigenvalue weighted by atomic mass is 9.45. The highest BCUT2D eigenvalue weighted by molar-refractivity contribution is 5.09. The van der Waals surface area contributed by atoms with Gasteiger partial charge in [-0.25, -0.2) is 0 Å². The highest BCUT2D eigenvalue weighted by Crippen LogP contribution is 2.67. The fraction of sp³-hybridized carbons (Fsp3) is 1.00. The molecular formula is C33H61N. The van der Waals surface area contributed by atoms with Gasteiger partial charge in [-0.05, 0) is 124 Å². The number of rotatable bonds is 8. The SMILES string of the molecule is CCCC(CN(C)C(C)C1CCC2C3CCC4CCCCCCC4(C)C3CCC21C)C(C)CC. The summed E-state index contributed by atoms with van der Waals surface area (Å²) in [4.78, 5) is 2.81. The van der Waals surface area contributed by atoms with Gasteiger partial charge in [0.15, 0.2) is 0 Å². The molecule has 34 heavy (non-hydrogen) atoms. The second kappa shape index (κ2) is 11.1. The number of hydrogen-bond donors (Lipinski definition) is 0. The van der Waals surface area contributed by atoms with E-state index >= 15 is 0 Å². The Labute approximate surface area is 214 Å².